The maximum atomic E-state index is 10.0. The summed E-state index contributed by atoms with van der Waals surface area (Å²) >= 11 is 0. The van der Waals surface area contributed by atoms with Crippen LogP contribution in [0.25, 0.3) is 44.0 Å². The van der Waals surface area contributed by atoms with Crippen LogP contribution in [0.2, 0.25) is 19.6 Å². The summed E-state index contributed by atoms with van der Waals surface area (Å²) in [6.45, 7) is 14.4. The third-order valence-corrected chi connectivity index (χ3v) is 8.39. The number of hydrogen-bond donors (Lipinski definition) is 1. The van der Waals surface area contributed by atoms with Crippen molar-refractivity contribution < 1.29 is 34.4 Å². The topological polar surface area (TPSA) is 63.3 Å². The Morgan fingerprint density at radius 3 is 2.32 bits per heavy atom. The molecule has 0 amide bonds. The van der Waals surface area contributed by atoms with Crippen LogP contribution in [0.1, 0.15) is 39.2 Å². The summed E-state index contributed by atoms with van der Waals surface area (Å²) in [5.74, 6) is 0.352. The number of carbonyl (C=O) groups is 1. The molecule has 5 rings (SSSR count). The summed E-state index contributed by atoms with van der Waals surface area (Å²) < 4.78 is 6.43. The number of benzene rings is 3. The summed E-state index contributed by atoms with van der Waals surface area (Å²) in [5.41, 5.74) is 4.97. The second kappa shape index (κ2) is 11.8. The van der Waals surface area contributed by atoms with E-state index in [1.165, 1.54) is 36.1 Å². The van der Waals surface area contributed by atoms with Crippen molar-refractivity contribution in [2.75, 3.05) is 0 Å². The van der Waals surface area contributed by atoms with Gasteiger partial charge in [-0.1, -0.05) is 80.0 Å². The Morgan fingerprint density at radius 1 is 1.00 bits per heavy atom. The molecule has 0 bridgehead atoms. The summed E-state index contributed by atoms with van der Waals surface area (Å²) in [7, 11) is -1.41. The molecule has 6 heteroatoms. The van der Waals surface area contributed by atoms with Gasteiger partial charge in [0.05, 0.1) is 13.8 Å². The Balaban J connectivity index is 0.000000444. The molecule has 0 aliphatic heterocycles. The number of carbonyl (C=O) groups excluding carboxylic acids is 1. The number of ketones is 1. The minimum Gasteiger partial charge on any atom is -0.512 e. The number of aliphatic hydroxyl groups excluding tert-OH is 1. The van der Waals surface area contributed by atoms with E-state index in [-0.39, 0.29) is 31.6 Å². The molecule has 2 aromatic heterocycles. The normalized spacial score (nSPS) is 11.9. The quantitative estimate of drug-likeness (QED) is 0.0887. The van der Waals surface area contributed by atoms with Crippen LogP contribution in [0.4, 0.5) is 0 Å². The average Bonchev–Trinajstić information content (AvgIpc) is 3.20. The van der Waals surface area contributed by atoms with Gasteiger partial charge in [0.2, 0.25) is 0 Å². The van der Waals surface area contributed by atoms with Crippen molar-refractivity contribution in [3.63, 3.8) is 0 Å². The predicted octanol–water partition coefficient (Wildman–Crippen LogP) is 8.30. The zero-order valence-electron chi connectivity index (χ0n) is 23.0. The fourth-order valence-corrected chi connectivity index (χ4v) is 5.67. The van der Waals surface area contributed by atoms with E-state index in [4.69, 9.17) is 14.5 Å². The van der Waals surface area contributed by atoms with Gasteiger partial charge in [0.1, 0.15) is 11.2 Å². The Morgan fingerprint density at radius 2 is 1.71 bits per heavy atom. The number of allylic oxidation sites excluding steroid dienone is 2. The number of fused-ring (bicyclic) bond motifs is 4. The smallest absolute Gasteiger partial charge is 0.155 e. The van der Waals surface area contributed by atoms with Gasteiger partial charge in [-0.25, -0.2) is 0 Å². The maximum absolute atomic E-state index is 10.0. The molecule has 5 aromatic rings. The van der Waals surface area contributed by atoms with E-state index >= 15 is 0 Å². The second-order valence-corrected chi connectivity index (χ2v) is 15.9. The molecule has 0 aliphatic carbocycles. The van der Waals surface area contributed by atoms with Crippen LogP contribution < -0.4 is 5.19 Å². The molecule has 0 atom stereocenters. The van der Waals surface area contributed by atoms with E-state index < -0.39 is 8.07 Å². The molecule has 199 valence electrons. The molecule has 0 saturated carbocycles. The van der Waals surface area contributed by atoms with Gasteiger partial charge in [0.15, 0.2) is 5.78 Å². The number of nitrogens with zero attached hydrogens (tertiary/aromatic N) is 1. The minimum absolute atomic E-state index is 0. The number of aliphatic hydroxyl groups is 1. The van der Waals surface area contributed by atoms with Crippen LogP contribution in [0, 0.1) is 6.07 Å². The van der Waals surface area contributed by atoms with Gasteiger partial charge in [0, 0.05) is 48.8 Å². The molecule has 2 heterocycles. The molecule has 0 aliphatic rings. The number of rotatable bonds is 4. The van der Waals surface area contributed by atoms with Crippen molar-refractivity contribution in [1.82, 2.24) is 4.98 Å². The molecule has 1 N–H and O–H groups in total. The van der Waals surface area contributed by atoms with Crippen LogP contribution >= 0.6 is 0 Å². The summed E-state index contributed by atoms with van der Waals surface area (Å²) in [6, 6.07) is 23.1. The first-order valence-corrected chi connectivity index (χ1v) is 16.1. The van der Waals surface area contributed by atoms with Crippen LogP contribution in [-0.4, -0.2) is 23.9 Å². The standard InChI is InChI=1S/C27H26NOSi.C5H8O2.Ir/c1-17(2)24-15-19(14-18-8-6-7-9-21(18)24)26-27-23(12-13-28-26)22-11-10-20(30(3,4)5)16-25(22)29-27;1-4(6)3-5(2)7;/h6-13,15-17H,1-5H3;3,6H,1-2H3;/q-1;;/b;4-3-;. The van der Waals surface area contributed by atoms with Crippen molar-refractivity contribution in [3.05, 3.63) is 84.3 Å². The fourth-order valence-electron chi connectivity index (χ4n) is 4.52. The Hall–Kier alpha value is -3.05. The van der Waals surface area contributed by atoms with E-state index in [0.717, 1.165) is 38.6 Å². The Bertz CT molecular complexity index is 1640. The van der Waals surface area contributed by atoms with E-state index in [9.17, 15) is 4.79 Å². The summed E-state index contributed by atoms with van der Waals surface area (Å²) in [4.78, 5) is 14.8. The molecule has 0 spiro atoms. The van der Waals surface area contributed by atoms with Gasteiger partial charge in [-0.05, 0) is 31.9 Å². The first kappa shape index (κ1) is 29.5. The van der Waals surface area contributed by atoms with Crippen LogP contribution in [0.3, 0.4) is 0 Å². The third-order valence-electron chi connectivity index (χ3n) is 6.35. The number of hydrogen-bond acceptors (Lipinski definition) is 4. The average molecular weight is 701 g/mol. The largest absolute Gasteiger partial charge is 0.512 e. The Kier molecular flexibility index (Phi) is 9.14. The molecule has 3 aromatic carbocycles. The first-order valence-electron chi connectivity index (χ1n) is 12.6. The van der Waals surface area contributed by atoms with Crippen LogP contribution in [-0.2, 0) is 24.9 Å². The zero-order chi connectivity index (χ0) is 26.9. The predicted molar refractivity (Wildman–Crippen MR) is 157 cm³/mol. The third kappa shape index (κ3) is 6.32. The molecular weight excluding hydrogens is 667 g/mol. The van der Waals surface area contributed by atoms with E-state index in [0.29, 0.717) is 5.92 Å². The first-order chi connectivity index (χ1) is 17.5. The van der Waals surface area contributed by atoms with Gasteiger partial charge in [-0.3, -0.25) is 9.78 Å². The molecule has 0 unspecified atom stereocenters. The molecule has 4 nitrogen and oxygen atoms in total. The fraction of sp³-hybridized carbons (Fsp3) is 0.250. The van der Waals surface area contributed by atoms with E-state index in [1.54, 1.807) is 0 Å². The second-order valence-electron chi connectivity index (χ2n) is 10.8. The molecule has 0 fully saturated rings. The SMILES string of the molecule is CC(=O)/C=C(/C)O.CC(C)c1cc(-c2nccc3c2oc2cc([Si](C)(C)C)ccc23)[c-]c2ccccc12.[Ir]. The number of aromatic nitrogens is 1. The summed E-state index contributed by atoms with van der Waals surface area (Å²) in [6.07, 6.45) is 3.05. The van der Waals surface area contributed by atoms with Crippen molar-refractivity contribution in [3.8, 4) is 11.3 Å². The zero-order valence-corrected chi connectivity index (χ0v) is 26.4. The van der Waals surface area contributed by atoms with Crippen molar-refractivity contribution in [2.24, 2.45) is 0 Å². The van der Waals surface area contributed by atoms with Gasteiger partial charge >= 0.3 is 0 Å². The number of pyridine rings is 1. The van der Waals surface area contributed by atoms with E-state index in [1.807, 2.05) is 6.20 Å². The Labute approximate surface area is 239 Å². The van der Waals surface area contributed by atoms with Gasteiger partial charge in [-0.2, -0.15) is 0 Å². The number of furan rings is 1. The molecule has 1 radical (unpaired) electrons. The van der Waals surface area contributed by atoms with Gasteiger partial charge in [-0.15, -0.1) is 29.1 Å². The molecule has 0 saturated heterocycles. The van der Waals surface area contributed by atoms with Gasteiger partial charge in [0.25, 0.3) is 0 Å². The van der Waals surface area contributed by atoms with Crippen molar-refractivity contribution in [2.45, 2.75) is 53.3 Å². The van der Waals surface area contributed by atoms with Crippen LogP contribution in [0.5, 0.6) is 0 Å². The van der Waals surface area contributed by atoms with E-state index in [2.05, 4.69) is 94.2 Å². The van der Waals surface area contributed by atoms with Crippen molar-refractivity contribution >= 4 is 51.8 Å². The minimum atomic E-state index is -1.41. The summed E-state index contributed by atoms with van der Waals surface area (Å²) in [5, 5.41) is 14.4. The van der Waals surface area contributed by atoms with Gasteiger partial charge < -0.3 is 9.52 Å². The molecular formula is C32H34IrNO3Si-. The van der Waals surface area contributed by atoms with Crippen molar-refractivity contribution in [1.29, 1.82) is 0 Å². The maximum Gasteiger partial charge on any atom is 0.155 e. The molecule has 38 heavy (non-hydrogen) atoms. The monoisotopic (exact) mass is 701 g/mol. The van der Waals surface area contributed by atoms with Crippen LogP contribution in [0.15, 0.2) is 77.0 Å².